The molecule has 3 rings (SSSR count). The topological polar surface area (TPSA) is 72.3 Å². The van der Waals surface area contributed by atoms with Crippen LogP contribution in [-0.2, 0) is 6.54 Å². The van der Waals surface area contributed by atoms with Crippen molar-refractivity contribution in [3.05, 3.63) is 42.6 Å². The Kier molecular flexibility index (Phi) is 6.82. The van der Waals surface area contributed by atoms with Crippen molar-refractivity contribution < 1.29 is 0 Å². The molecule has 1 aliphatic rings. The van der Waals surface area contributed by atoms with Crippen LogP contribution in [0, 0.1) is 0 Å². The van der Waals surface area contributed by atoms with Crippen molar-refractivity contribution in [1.82, 2.24) is 19.4 Å². The first-order valence-corrected chi connectivity index (χ1v) is 7.81. The zero-order chi connectivity index (χ0) is 15.2. The lowest BCUT2D eigenvalue weighted by molar-refractivity contribution is 0.428. The van der Waals surface area contributed by atoms with E-state index in [9.17, 15) is 0 Å². The number of halogens is 1. The molecule has 23 heavy (non-hydrogen) atoms. The van der Waals surface area contributed by atoms with E-state index >= 15 is 0 Å². The molecule has 124 valence electrons. The minimum absolute atomic E-state index is 0. The number of nitrogens with two attached hydrogens (primary N) is 1. The van der Waals surface area contributed by atoms with Crippen LogP contribution in [0.3, 0.4) is 0 Å². The average molecular weight is 426 g/mol. The second-order valence-electron chi connectivity index (χ2n) is 5.57. The van der Waals surface area contributed by atoms with Gasteiger partial charge in [0.2, 0.25) is 0 Å². The molecule has 0 aliphatic carbocycles. The van der Waals surface area contributed by atoms with Crippen LogP contribution in [0.4, 0.5) is 0 Å². The first-order valence-electron chi connectivity index (χ1n) is 7.81. The van der Waals surface area contributed by atoms with Gasteiger partial charge in [-0.1, -0.05) is 18.9 Å². The predicted octanol–water partition coefficient (Wildman–Crippen LogP) is 2.58. The Morgan fingerprint density at radius 2 is 1.96 bits per heavy atom. The summed E-state index contributed by atoms with van der Waals surface area (Å²) < 4.78 is 1.87. The van der Waals surface area contributed by atoms with E-state index in [0.29, 0.717) is 12.5 Å². The van der Waals surface area contributed by atoms with Gasteiger partial charge in [0, 0.05) is 31.7 Å². The van der Waals surface area contributed by atoms with Crippen molar-refractivity contribution in [2.75, 3.05) is 13.1 Å². The average Bonchev–Trinajstić information content (AvgIpc) is 2.95. The van der Waals surface area contributed by atoms with Gasteiger partial charge in [-0.25, -0.2) is 15.0 Å². The molecular weight excluding hydrogens is 403 g/mol. The molecule has 2 aromatic heterocycles. The number of aromatic nitrogens is 3. The molecule has 1 aliphatic heterocycles. The van der Waals surface area contributed by atoms with Crippen molar-refractivity contribution in [1.29, 1.82) is 0 Å². The van der Waals surface area contributed by atoms with E-state index in [1.165, 1.54) is 25.7 Å². The number of imidazole rings is 1. The van der Waals surface area contributed by atoms with Crippen LogP contribution in [0.2, 0.25) is 0 Å². The normalized spacial score (nSPS) is 15.8. The third-order valence-corrected chi connectivity index (χ3v) is 3.93. The van der Waals surface area contributed by atoms with E-state index in [1.807, 2.05) is 29.1 Å². The van der Waals surface area contributed by atoms with Gasteiger partial charge in [-0.3, -0.25) is 4.57 Å². The fourth-order valence-corrected chi connectivity index (χ4v) is 2.63. The number of likely N-dealkylation sites (tertiary alicyclic amines) is 1. The molecule has 0 amide bonds. The van der Waals surface area contributed by atoms with Crippen LogP contribution in [0.5, 0.6) is 0 Å². The highest BCUT2D eigenvalue weighted by Crippen LogP contribution is 2.10. The molecule has 0 spiro atoms. The molecule has 2 aromatic rings. The fraction of sp³-hybridized carbons (Fsp3) is 0.438. The summed E-state index contributed by atoms with van der Waals surface area (Å²) in [5.41, 5.74) is 7.17. The highest BCUT2D eigenvalue weighted by molar-refractivity contribution is 14.0. The Balaban J connectivity index is 0.00000192. The molecule has 0 bridgehead atoms. The summed E-state index contributed by atoms with van der Waals surface area (Å²) in [6, 6.07) is 4.00. The minimum atomic E-state index is 0. The largest absolute Gasteiger partial charge is 0.370 e. The molecule has 0 atom stereocenters. The van der Waals surface area contributed by atoms with Crippen LogP contribution in [0.15, 0.2) is 42.0 Å². The second-order valence-corrected chi connectivity index (χ2v) is 5.57. The SMILES string of the molecule is I.NC(=NCc1ccc(-n2ccnc2)nc1)N1CCCCCC1. The molecule has 0 saturated carbocycles. The molecule has 2 N–H and O–H groups in total. The summed E-state index contributed by atoms with van der Waals surface area (Å²) in [5, 5.41) is 0. The predicted molar refractivity (Wildman–Crippen MR) is 102 cm³/mol. The first kappa shape index (κ1) is 17.7. The Morgan fingerprint density at radius 1 is 1.17 bits per heavy atom. The zero-order valence-electron chi connectivity index (χ0n) is 13.1. The first-order chi connectivity index (χ1) is 10.8. The number of hydrogen-bond acceptors (Lipinski definition) is 3. The van der Waals surface area contributed by atoms with Gasteiger partial charge >= 0.3 is 0 Å². The molecule has 3 heterocycles. The highest BCUT2D eigenvalue weighted by atomic mass is 127. The van der Waals surface area contributed by atoms with Crippen LogP contribution in [0.25, 0.3) is 5.82 Å². The molecule has 1 saturated heterocycles. The molecule has 0 unspecified atom stereocenters. The number of rotatable bonds is 3. The summed E-state index contributed by atoms with van der Waals surface area (Å²) in [6.45, 7) is 2.61. The van der Waals surface area contributed by atoms with Crippen molar-refractivity contribution in [2.24, 2.45) is 10.7 Å². The maximum absolute atomic E-state index is 6.12. The Hall–Kier alpha value is -1.64. The zero-order valence-corrected chi connectivity index (χ0v) is 15.5. The lowest BCUT2D eigenvalue weighted by atomic mass is 10.2. The number of nitrogens with zero attached hydrogens (tertiary/aromatic N) is 5. The van der Waals surface area contributed by atoms with E-state index in [-0.39, 0.29) is 24.0 Å². The number of hydrogen-bond donors (Lipinski definition) is 1. The second kappa shape index (κ2) is 8.85. The molecule has 0 radical (unpaired) electrons. The van der Waals surface area contributed by atoms with E-state index in [2.05, 4.69) is 19.9 Å². The summed E-state index contributed by atoms with van der Waals surface area (Å²) in [6.07, 6.45) is 12.2. The fourth-order valence-electron chi connectivity index (χ4n) is 2.63. The molecule has 1 fully saturated rings. The summed E-state index contributed by atoms with van der Waals surface area (Å²) in [4.78, 5) is 15.2. The van der Waals surface area contributed by atoms with Gasteiger partial charge in [0.05, 0.1) is 6.54 Å². The maximum Gasteiger partial charge on any atom is 0.191 e. The lowest BCUT2D eigenvalue weighted by Crippen LogP contribution is -2.38. The third-order valence-electron chi connectivity index (χ3n) is 3.93. The van der Waals surface area contributed by atoms with Gasteiger partial charge < -0.3 is 10.6 Å². The third kappa shape index (κ3) is 4.92. The van der Waals surface area contributed by atoms with Gasteiger partial charge in [0.15, 0.2) is 5.96 Å². The minimum Gasteiger partial charge on any atom is -0.370 e. The summed E-state index contributed by atoms with van der Waals surface area (Å²) in [5.74, 6) is 1.51. The smallest absolute Gasteiger partial charge is 0.191 e. The summed E-state index contributed by atoms with van der Waals surface area (Å²) in [7, 11) is 0. The Bertz CT molecular complexity index is 600. The molecular formula is C16H23IN6. The number of aliphatic imine (C=N–C) groups is 1. The standard InChI is InChI=1S/C16H22N6.HI/c17-16(21-8-3-1-2-4-9-21)20-12-14-5-6-15(19-11-14)22-10-7-18-13-22;/h5-7,10-11,13H,1-4,8-9,12H2,(H2,17,20);1H. The van der Waals surface area contributed by atoms with Crippen molar-refractivity contribution in [2.45, 2.75) is 32.2 Å². The van der Waals surface area contributed by atoms with E-state index < -0.39 is 0 Å². The van der Waals surface area contributed by atoms with Crippen LogP contribution in [0.1, 0.15) is 31.2 Å². The van der Waals surface area contributed by atoms with Crippen molar-refractivity contribution in [3.8, 4) is 5.82 Å². The highest BCUT2D eigenvalue weighted by Gasteiger charge is 2.10. The Morgan fingerprint density at radius 3 is 2.57 bits per heavy atom. The van der Waals surface area contributed by atoms with E-state index in [0.717, 1.165) is 24.5 Å². The number of guanidine groups is 1. The van der Waals surface area contributed by atoms with Crippen LogP contribution >= 0.6 is 24.0 Å². The van der Waals surface area contributed by atoms with Gasteiger partial charge in [0.25, 0.3) is 0 Å². The quantitative estimate of drug-likeness (QED) is 0.465. The molecule has 0 aromatic carbocycles. The van der Waals surface area contributed by atoms with Crippen LogP contribution in [-0.4, -0.2) is 38.5 Å². The van der Waals surface area contributed by atoms with E-state index in [1.54, 1.807) is 12.5 Å². The van der Waals surface area contributed by atoms with Gasteiger partial charge in [-0.2, -0.15) is 0 Å². The van der Waals surface area contributed by atoms with Crippen molar-refractivity contribution in [3.63, 3.8) is 0 Å². The van der Waals surface area contributed by atoms with Crippen LogP contribution < -0.4 is 5.73 Å². The Labute approximate surface area is 153 Å². The summed E-state index contributed by atoms with van der Waals surface area (Å²) >= 11 is 0. The monoisotopic (exact) mass is 426 g/mol. The van der Waals surface area contributed by atoms with Gasteiger partial charge in [-0.15, -0.1) is 24.0 Å². The van der Waals surface area contributed by atoms with Crippen molar-refractivity contribution >= 4 is 29.9 Å². The van der Waals surface area contributed by atoms with E-state index in [4.69, 9.17) is 5.73 Å². The van der Waals surface area contributed by atoms with Gasteiger partial charge in [-0.05, 0) is 24.5 Å². The lowest BCUT2D eigenvalue weighted by Gasteiger charge is -2.21. The molecule has 6 nitrogen and oxygen atoms in total. The number of pyridine rings is 1. The maximum atomic E-state index is 6.12. The molecule has 7 heteroatoms. The van der Waals surface area contributed by atoms with Gasteiger partial charge in [0.1, 0.15) is 12.1 Å².